The van der Waals surface area contributed by atoms with Crippen LogP contribution in [0.25, 0.3) is 0 Å². The molecule has 70 valence electrons. The molecule has 13 heavy (non-hydrogen) atoms. The molecule has 0 unspecified atom stereocenters. The van der Waals surface area contributed by atoms with Gasteiger partial charge in [-0.15, -0.1) is 6.42 Å². The van der Waals surface area contributed by atoms with Crippen LogP contribution in [0.4, 0.5) is 0 Å². The number of rotatable bonds is 2. The Labute approximate surface area is 75.8 Å². The van der Waals surface area contributed by atoms with Crippen molar-refractivity contribution in [2.75, 3.05) is 7.05 Å². The molecule has 0 aromatic rings. The summed E-state index contributed by atoms with van der Waals surface area (Å²) >= 11 is 0. The van der Waals surface area contributed by atoms with Crippen LogP contribution in [0.5, 0.6) is 0 Å². The fourth-order valence-corrected chi connectivity index (χ4v) is 0.698. The normalized spacial score (nSPS) is 12.8. The highest BCUT2D eigenvalue weighted by Gasteiger charge is 2.14. The van der Waals surface area contributed by atoms with Crippen molar-refractivity contribution in [3.8, 4) is 12.3 Å². The molecule has 6 nitrogen and oxygen atoms in total. The Bertz CT molecular complexity index is 309. The minimum absolute atomic E-state index is 0.0583. The van der Waals surface area contributed by atoms with Gasteiger partial charge in [0.2, 0.25) is 0 Å². The van der Waals surface area contributed by atoms with E-state index in [4.69, 9.17) is 23.7 Å². The molecule has 0 aliphatic carbocycles. The van der Waals surface area contributed by atoms with Gasteiger partial charge in [-0.25, -0.2) is 5.84 Å². The van der Waals surface area contributed by atoms with E-state index >= 15 is 0 Å². The summed E-state index contributed by atoms with van der Waals surface area (Å²) in [5.41, 5.74) is 12.3. The molecule has 0 aliphatic heterocycles. The Hall–Kier alpha value is -2.00. The van der Waals surface area contributed by atoms with Gasteiger partial charge in [0.25, 0.3) is 5.91 Å². The average Bonchev–Trinajstić information content (AvgIpc) is 2.12. The summed E-state index contributed by atoms with van der Waals surface area (Å²) in [4.78, 5) is 14.5. The number of nitrogens with one attached hydrogen (secondary N) is 1. The number of terminal acetylenes is 1. The van der Waals surface area contributed by atoms with Crippen LogP contribution in [0.2, 0.25) is 0 Å². The fourth-order valence-electron chi connectivity index (χ4n) is 0.698. The maximum atomic E-state index is 10.9. The Balaban J connectivity index is 5.32. The molecule has 6 heteroatoms. The molecule has 0 fully saturated rings. The molecule has 0 spiro atoms. The molecule has 0 radical (unpaired) electrons. The number of hydrazine groups is 1. The number of carbonyl (C=O) groups is 1. The van der Waals surface area contributed by atoms with Crippen LogP contribution in [0.3, 0.4) is 0 Å². The van der Waals surface area contributed by atoms with Crippen molar-refractivity contribution in [1.82, 2.24) is 5.43 Å². The third kappa shape index (κ3) is 2.50. The molecule has 0 aromatic carbocycles. The molecule has 1 amide bonds. The van der Waals surface area contributed by atoms with Crippen LogP contribution in [0, 0.1) is 12.3 Å². The zero-order chi connectivity index (χ0) is 10.4. The molecule has 0 saturated heterocycles. The van der Waals surface area contributed by atoms with Crippen molar-refractivity contribution < 1.29 is 4.79 Å². The van der Waals surface area contributed by atoms with Crippen molar-refractivity contribution in [2.24, 2.45) is 22.3 Å². The quantitative estimate of drug-likeness (QED) is 0.0965. The second kappa shape index (κ2) is 4.79. The summed E-state index contributed by atoms with van der Waals surface area (Å²) < 4.78 is 0. The number of nitrogens with two attached hydrogens (primary N) is 3. The van der Waals surface area contributed by atoms with Gasteiger partial charge in [0.05, 0.1) is 5.70 Å². The first-order chi connectivity index (χ1) is 6.08. The summed E-state index contributed by atoms with van der Waals surface area (Å²) in [6, 6.07) is 0. The highest BCUT2D eigenvalue weighted by Crippen LogP contribution is 1.98. The lowest BCUT2D eigenvalue weighted by Gasteiger charge is -2.06. The second-order valence-electron chi connectivity index (χ2n) is 2.01. The van der Waals surface area contributed by atoms with E-state index in [1.54, 1.807) is 0 Å². The average molecular weight is 181 g/mol. The molecule has 7 N–H and O–H groups in total. The summed E-state index contributed by atoms with van der Waals surface area (Å²) in [6.45, 7) is 0. The molecule has 0 bridgehead atoms. The highest BCUT2D eigenvalue weighted by molar-refractivity contribution is 6.20. The second-order valence-corrected chi connectivity index (χ2v) is 2.01. The van der Waals surface area contributed by atoms with Crippen LogP contribution in [0.15, 0.2) is 16.3 Å². The first-order valence-corrected chi connectivity index (χ1v) is 3.28. The van der Waals surface area contributed by atoms with E-state index in [2.05, 4.69) is 16.3 Å². The summed E-state index contributed by atoms with van der Waals surface area (Å²) in [5, 5.41) is 0. The molecule has 0 aromatic heterocycles. The van der Waals surface area contributed by atoms with Gasteiger partial charge >= 0.3 is 0 Å². The lowest BCUT2D eigenvalue weighted by Crippen LogP contribution is -2.37. The van der Waals surface area contributed by atoms with Gasteiger partial charge in [0, 0.05) is 7.05 Å². The van der Waals surface area contributed by atoms with E-state index in [0.717, 1.165) is 0 Å². The number of amidine groups is 1. The summed E-state index contributed by atoms with van der Waals surface area (Å²) in [6.07, 6.45) is 4.99. The molecule has 0 rings (SSSR count). The number of aliphatic imine (C=N–C) groups is 1. The van der Waals surface area contributed by atoms with Gasteiger partial charge in [-0.2, -0.15) is 0 Å². The van der Waals surface area contributed by atoms with Crippen molar-refractivity contribution in [1.29, 1.82) is 0 Å². The molecular formula is C7H11N5O. The van der Waals surface area contributed by atoms with E-state index in [9.17, 15) is 4.79 Å². The maximum absolute atomic E-state index is 10.9. The lowest BCUT2D eigenvalue weighted by atomic mass is 10.2. The standard InChI is InChI=1S/C7H11N5O/c1-3-4(8)5(6(9)13)7(11-2)12-10/h1H,8,10H2,2H3,(H2,9,13)(H,11,12)/b5-4-. The van der Waals surface area contributed by atoms with Gasteiger partial charge in [-0.3, -0.25) is 9.79 Å². The number of carbonyl (C=O) groups excluding carboxylic acids is 1. The summed E-state index contributed by atoms with van der Waals surface area (Å²) in [5.74, 6) is 6.42. The van der Waals surface area contributed by atoms with E-state index in [-0.39, 0.29) is 17.1 Å². The van der Waals surface area contributed by atoms with Crippen LogP contribution in [-0.2, 0) is 4.79 Å². The first-order valence-electron chi connectivity index (χ1n) is 3.28. The summed E-state index contributed by atoms with van der Waals surface area (Å²) in [7, 11) is 1.42. The topological polar surface area (TPSA) is 120 Å². The van der Waals surface area contributed by atoms with Gasteiger partial charge in [0.1, 0.15) is 5.57 Å². The maximum Gasteiger partial charge on any atom is 0.255 e. The SMILES string of the molecule is C#C/C(N)=C(\C(N)=O)C(=NC)NN. The largest absolute Gasteiger partial charge is 0.391 e. The van der Waals surface area contributed by atoms with Crippen LogP contribution < -0.4 is 22.7 Å². The van der Waals surface area contributed by atoms with Crippen molar-refractivity contribution >= 4 is 11.7 Å². The van der Waals surface area contributed by atoms with Crippen molar-refractivity contribution in [3.05, 3.63) is 11.3 Å². The Morgan fingerprint density at radius 3 is 2.31 bits per heavy atom. The number of nitrogens with zero attached hydrogens (tertiary/aromatic N) is 1. The molecule has 0 atom stereocenters. The number of hydrogen-bond acceptors (Lipinski definition) is 4. The number of primary amides is 1. The molecular weight excluding hydrogens is 170 g/mol. The van der Waals surface area contributed by atoms with Crippen molar-refractivity contribution in [2.45, 2.75) is 0 Å². The van der Waals surface area contributed by atoms with Gasteiger partial charge < -0.3 is 16.9 Å². The van der Waals surface area contributed by atoms with Crippen LogP contribution >= 0.6 is 0 Å². The molecule has 0 aliphatic rings. The van der Waals surface area contributed by atoms with Gasteiger partial charge in [0.15, 0.2) is 5.84 Å². The van der Waals surface area contributed by atoms with Gasteiger partial charge in [-0.1, -0.05) is 5.92 Å². The smallest absolute Gasteiger partial charge is 0.255 e. The van der Waals surface area contributed by atoms with E-state index < -0.39 is 5.91 Å². The third-order valence-electron chi connectivity index (χ3n) is 1.27. The number of allylic oxidation sites excluding steroid dienone is 1. The minimum Gasteiger partial charge on any atom is -0.391 e. The first kappa shape index (κ1) is 11.0. The predicted molar refractivity (Wildman–Crippen MR) is 49.9 cm³/mol. The van der Waals surface area contributed by atoms with Gasteiger partial charge in [-0.05, 0) is 0 Å². The predicted octanol–water partition coefficient (Wildman–Crippen LogP) is -2.19. The zero-order valence-corrected chi connectivity index (χ0v) is 7.16. The Morgan fingerprint density at radius 2 is 2.08 bits per heavy atom. The zero-order valence-electron chi connectivity index (χ0n) is 7.16. The third-order valence-corrected chi connectivity index (χ3v) is 1.27. The highest BCUT2D eigenvalue weighted by atomic mass is 16.1. The lowest BCUT2D eigenvalue weighted by molar-refractivity contribution is -0.114. The molecule has 0 heterocycles. The Kier molecular flexibility index (Phi) is 4.06. The monoisotopic (exact) mass is 181 g/mol. The Morgan fingerprint density at radius 1 is 1.54 bits per heavy atom. The fraction of sp³-hybridized carbons (Fsp3) is 0.143. The number of amides is 1. The van der Waals surface area contributed by atoms with Crippen LogP contribution in [0.1, 0.15) is 0 Å². The minimum atomic E-state index is -0.783. The van der Waals surface area contributed by atoms with E-state index in [0.29, 0.717) is 0 Å². The van der Waals surface area contributed by atoms with Crippen LogP contribution in [-0.4, -0.2) is 18.8 Å². The molecule has 0 saturated carbocycles. The van der Waals surface area contributed by atoms with E-state index in [1.807, 2.05) is 0 Å². The number of hydrogen-bond donors (Lipinski definition) is 4. The van der Waals surface area contributed by atoms with Crippen molar-refractivity contribution in [3.63, 3.8) is 0 Å². The van der Waals surface area contributed by atoms with E-state index in [1.165, 1.54) is 7.05 Å².